The van der Waals surface area contributed by atoms with Crippen LogP contribution in [0.3, 0.4) is 0 Å². The van der Waals surface area contributed by atoms with Crippen LogP contribution >= 0.6 is 0 Å². The second kappa shape index (κ2) is 11.0. The Kier molecular flexibility index (Phi) is 10.9. The van der Waals surface area contributed by atoms with E-state index in [1.54, 1.807) is 0 Å². The zero-order valence-electron chi connectivity index (χ0n) is 11.8. The molecular weight excluding hydrogens is 220 g/mol. The van der Waals surface area contributed by atoms with Crippen molar-refractivity contribution in [2.24, 2.45) is 5.41 Å². The quantitative estimate of drug-likeness (QED) is 0.530. The van der Waals surface area contributed by atoms with E-state index < -0.39 is 0 Å². The summed E-state index contributed by atoms with van der Waals surface area (Å²) >= 11 is 0. The van der Waals surface area contributed by atoms with Crippen LogP contribution in [-0.4, -0.2) is 52.9 Å². The SMILES string of the molecule is CCOCC(COCC)(COCC)COCC. The summed E-state index contributed by atoms with van der Waals surface area (Å²) < 4.78 is 22.2. The molecule has 0 heterocycles. The van der Waals surface area contributed by atoms with Crippen LogP contribution in [0.2, 0.25) is 0 Å². The van der Waals surface area contributed by atoms with E-state index in [9.17, 15) is 0 Å². The van der Waals surface area contributed by atoms with Crippen LogP contribution < -0.4 is 0 Å². The number of ether oxygens (including phenoxy) is 4. The van der Waals surface area contributed by atoms with Gasteiger partial charge in [0, 0.05) is 26.4 Å². The molecule has 17 heavy (non-hydrogen) atoms. The van der Waals surface area contributed by atoms with E-state index in [-0.39, 0.29) is 5.41 Å². The van der Waals surface area contributed by atoms with Crippen molar-refractivity contribution in [3.05, 3.63) is 0 Å². The fraction of sp³-hybridized carbons (Fsp3) is 1.00. The van der Waals surface area contributed by atoms with Crippen molar-refractivity contribution in [1.29, 1.82) is 0 Å². The van der Waals surface area contributed by atoms with Crippen LogP contribution in [0.15, 0.2) is 0 Å². The summed E-state index contributed by atoms with van der Waals surface area (Å²) in [6.07, 6.45) is 0. The van der Waals surface area contributed by atoms with E-state index in [1.807, 2.05) is 27.7 Å². The van der Waals surface area contributed by atoms with E-state index in [2.05, 4.69) is 0 Å². The highest BCUT2D eigenvalue weighted by atomic mass is 16.5. The molecule has 0 rings (SSSR count). The van der Waals surface area contributed by atoms with Gasteiger partial charge in [0.1, 0.15) is 0 Å². The molecule has 0 aliphatic carbocycles. The van der Waals surface area contributed by atoms with Gasteiger partial charge in [-0.05, 0) is 27.7 Å². The van der Waals surface area contributed by atoms with Crippen LogP contribution in [0.4, 0.5) is 0 Å². The molecule has 0 fully saturated rings. The van der Waals surface area contributed by atoms with Gasteiger partial charge in [-0.2, -0.15) is 0 Å². The Labute approximate surface area is 106 Å². The normalized spacial score (nSPS) is 12.0. The molecule has 0 radical (unpaired) electrons. The third-order valence-electron chi connectivity index (χ3n) is 2.45. The highest BCUT2D eigenvalue weighted by molar-refractivity contribution is 4.79. The second-order valence-electron chi connectivity index (χ2n) is 4.05. The van der Waals surface area contributed by atoms with Crippen LogP contribution in [0, 0.1) is 5.41 Å². The summed E-state index contributed by atoms with van der Waals surface area (Å²) in [7, 11) is 0. The Morgan fingerprint density at radius 1 is 0.529 bits per heavy atom. The van der Waals surface area contributed by atoms with E-state index in [0.717, 1.165) is 0 Å². The molecule has 0 amide bonds. The minimum atomic E-state index is -0.183. The Morgan fingerprint density at radius 2 is 0.765 bits per heavy atom. The third-order valence-corrected chi connectivity index (χ3v) is 2.45. The fourth-order valence-electron chi connectivity index (χ4n) is 1.52. The first-order valence-electron chi connectivity index (χ1n) is 6.55. The predicted molar refractivity (Wildman–Crippen MR) is 68.4 cm³/mol. The maximum Gasteiger partial charge on any atom is 0.0637 e. The molecule has 4 heteroatoms. The summed E-state index contributed by atoms with van der Waals surface area (Å²) in [5.41, 5.74) is -0.183. The first-order valence-corrected chi connectivity index (χ1v) is 6.55. The molecule has 0 aliphatic heterocycles. The van der Waals surface area contributed by atoms with Gasteiger partial charge in [0.2, 0.25) is 0 Å². The average molecular weight is 248 g/mol. The van der Waals surface area contributed by atoms with Gasteiger partial charge in [-0.15, -0.1) is 0 Å². The summed E-state index contributed by atoms with van der Waals surface area (Å²) in [5, 5.41) is 0. The number of rotatable bonds is 12. The van der Waals surface area contributed by atoms with Crippen molar-refractivity contribution in [3.63, 3.8) is 0 Å². The minimum absolute atomic E-state index is 0.183. The van der Waals surface area contributed by atoms with E-state index in [1.165, 1.54) is 0 Å². The van der Waals surface area contributed by atoms with E-state index in [0.29, 0.717) is 52.9 Å². The van der Waals surface area contributed by atoms with Gasteiger partial charge >= 0.3 is 0 Å². The smallest absolute Gasteiger partial charge is 0.0637 e. The van der Waals surface area contributed by atoms with Crippen molar-refractivity contribution in [2.45, 2.75) is 27.7 Å². The summed E-state index contributed by atoms with van der Waals surface area (Å²) in [5.74, 6) is 0. The van der Waals surface area contributed by atoms with Crippen LogP contribution in [-0.2, 0) is 18.9 Å². The first-order chi connectivity index (χ1) is 8.24. The number of hydrogen-bond acceptors (Lipinski definition) is 4. The molecule has 0 spiro atoms. The maximum absolute atomic E-state index is 5.55. The molecule has 0 aromatic rings. The highest BCUT2D eigenvalue weighted by Gasteiger charge is 2.31. The fourth-order valence-corrected chi connectivity index (χ4v) is 1.52. The molecule has 0 N–H and O–H groups in total. The van der Waals surface area contributed by atoms with E-state index >= 15 is 0 Å². The van der Waals surface area contributed by atoms with Gasteiger partial charge in [0.05, 0.1) is 31.8 Å². The Morgan fingerprint density at radius 3 is 0.941 bits per heavy atom. The summed E-state index contributed by atoms with van der Waals surface area (Å²) in [6.45, 7) is 13.2. The zero-order chi connectivity index (χ0) is 13.0. The summed E-state index contributed by atoms with van der Waals surface area (Å²) in [4.78, 5) is 0. The molecule has 0 bridgehead atoms. The third kappa shape index (κ3) is 7.71. The van der Waals surface area contributed by atoms with Gasteiger partial charge in [0.25, 0.3) is 0 Å². The van der Waals surface area contributed by atoms with Crippen LogP contribution in [0.1, 0.15) is 27.7 Å². The monoisotopic (exact) mass is 248 g/mol. The Hall–Kier alpha value is -0.160. The lowest BCUT2D eigenvalue weighted by Crippen LogP contribution is -2.41. The minimum Gasteiger partial charge on any atom is -0.381 e. The van der Waals surface area contributed by atoms with Crippen molar-refractivity contribution >= 4 is 0 Å². The van der Waals surface area contributed by atoms with Gasteiger partial charge in [-0.3, -0.25) is 0 Å². The maximum atomic E-state index is 5.55. The van der Waals surface area contributed by atoms with E-state index in [4.69, 9.17) is 18.9 Å². The van der Waals surface area contributed by atoms with Crippen LogP contribution in [0.25, 0.3) is 0 Å². The highest BCUT2D eigenvalue weighted by Crippen LogP contribution is 2.20. The summed E-state index contributed by atoms with van der Waals surface area (Å²) in [6, 6.07) is 0. The average Bonchev–Trinajstić information content (AvgIpc) is 2.37. The lowest BCUT2D eigenvalue weighted by atomic mass is 9.92. The van der Waals surface area contributed by atoms with Gasteiger partial charge in [-0.1, -0.05) is 0 Å². The lowest BCUT2D eigenvalue weighted by Gasteiger charge is -2.32. The van der Waals surface area contributed by atoms with Crippen molar-refractivity contribution < 1.29 is 18.9 Å². The van der Waals surface area contributed by atoms with Crippen molar-refractivity contribution in [3.8, 4) is 0 Å². The molecule has 0 aliphatic rings. The topological polar surface area (TPSA) is 36.9 Å². The van der Waals surface area contributed by atoms with Gasteiger partial charge in [0.15, 0.2) is 0 Å². The molecule has 0 saturated heterocycles. The molecule has 0 atom stereocenters. The molecule has 0 unspecified atom stereocenters. The molecule has 0 aromatic carbocycles. The standard InChI is InChI=1S/C13H28O4/c1-5-14-9-13(10-15-6-2,11-16-7-3)12-17-8-4/h5-12H2,1-4H3. The largest absolute Gasteiger partial charge is 0.381 e. The molecular formula is C13H28O4. The molecule has 0 aromatic heterocycles. The van der Waals surface area contributed by atoms with Crippen LogP contribution in [0.5, 0.6) is 0 Å². The lowest BCUT2D eigenvalue weighted by molar-refractivity contribution is -0.101. The number of hydrogen-bond donors (Lipinski definition) is 0. The molecule has 4 nitrogen and oxygen atoms in total. The molecule has 0 saturated carbocycles. The Bertz CT molecular complexity index is 124. The first kappa shape index (κ1) is 16.8. The zero-order valence-corrected chi connectivity index (χ0v) is 11.8. The molecule has 104 valence electrons. The second-order valence-corrected chi connectivity index (χ2v) is 4.05. The van der Waals surface area contributed by atoms with Gasteiger partial charge < -0.3 is 18.9 Å². The Balaban J connectivity index is 4.39. The van der Waals surface area contributed by atoms with Gasteiger partial charge in [-0.25, -0.2) is 0 Å². The predicted octanol–water partition coefficient (Wildman–Crippen LogP) is 2.12. The van der Waals surface area contributed by atoms with Crippen molar-refractivity contribution in [2.75, 3.05) is 52.9 Å². The van der Waals surface area contributed by atoms with Crippen molar-refractivity contribution in [1.82, 2.24) is 0 Å².